The number of hydrogen-bond acceptors (Lipinski definition) is 3. The van der Waals surface area contributed by atoms with Crippen LogP contribution in [0.3, 0.4) is 0 Å². The van der Waals surface area contributed by atoms with Gasteiger partial charge in [0.2, 0.25) is 0 Å². The van der Waals surface area contributed by atoms with Crippen LogP contribution in [-0.2, 0) is 0 Å². The molecule has 1 N–H and O–H groups in total. The molecule has 156 valence electrons. The zero-order valence-electron chi connectivity index (χ0n) is 17.7. The lowest BCUT2D eigenvalue weighted by atomic mass is 9.77. The van der Waals surface area contributed by atoms with Crippen LogP contribution in [-0.4, -0.2) is 33.7 Å². The van der Waals surface area contributed by atoms with E-state index in [2.05, 4.69) is 80.8 Å². The van der Waals surface area contributed by atoms with E-state index in [9.17, 15) is 9.90 Å². The lowest BCUT2D eigenvalue weighted by Gasteiger charge is -2.44. The fourth-order valence-corrected chi connectivity index (χ4v) is 5.31. The minimum absolute atomic E-state index is 0.00678. The van der Waals surface area contributed by atoms with Gasteiger partial charge in [0.15, 0.2) is 0 Å². The van der Waals surface area contributed by atoms with Crippen molar-refractivity contribution in [1.29, 1.82) is 0 Å². The van der Waals surface area contributed by atoms with E-state index in [1.54, 1.807) is 16.2 Å². The van der Waals surface area contributed by atoms with Crippen molar-refractivity contribution in [2.24, 2.45) is 5.41 Å². The van der Waals surface area contributed by atoms with Gasteiger partial charge in [-0.1, -0.05) is 69.3 Å². The first kappa shape index (κ1) is 20.6. The standard InChI is InChI=1S/C25H28N2O2S/c1-25(2,3)22-15-19(13-14-27(22)24(28)29)23-26-20(16-30-23)12-11-18-9-6-8-17-7-4-5-10-21(17)18/h4-12,16,19,22H,13-15H2,1-3H3,(H,28,29)/b12-11-. The second kappa shape index (κ2) is 8.23. The first-order valence-electron chi connectivity index (χ1n) is 10.4. The monoisotopic (exact) mass is 420 g/mol. The third-order valence-corrected chi connectivity index (χ3v) is 7.02. The van der Waals surface area contributed by atoms with Crippen LogP contribution >= 0.6 is 11.3 Å². The minimum atomic E-state index is -0.814. The van der Waals surface area contributed by atoms with Crippen molar-refractivity contribution in [3.63, 3.8) is 0 Å². The summed E-state index contributed by atoms with van der Waals surface area (Å²) in [6.45, 7) is 6.94. The zero-order valence-corrected chi connectivity index (χ0v) is 18.5. The number of thiazole rings is 1. The number of rotatable bonds is 3. The summed E-state index contributed by atoms with van der Waals surface area (Å²) in [7, 11) is 0. The zero-order chi connectivity index (χ0) is 21.3. The molecule has 2 unspecified atom stereocenters. The lowest BCUT2D eigenvalue weighted by Crippen LogP contribution is -2.51. The van der Waals surface area contributed by atoms with Crippen LogP contribution in [0.1, 0.15) is 55.8 Å². The van der Waals surface area contributed by atoms with Gasteiger partial charge in [0, 0.05) is 23.9 Å². The summed E-state index contributed by atoms with van der Waals surface area (Å²) in [5.41, 5.74) is 2.06. The number of fused-ring (bicyclic) bond motifs is 1. The largest absolute Gasteiger partial charge is 0.465 e. The molecule has 2 aromatic carbocycles. The normalized spacial score (nSPS) is 20.2. The Morgan fingerprint density at radius 1 is 1.17 bits per heavy atom. The van der Waals surface area contributed by atoms with Crippen molar-refractivity contribution >= 4 is 40.4 Å². The van der Waals surface area contributed by atoms with Crippen molar-refractivity contribution < 1.29 is 9.90 Å². The number of piperidine rings is 1. The maximum atomic E-state index is 11.7. The summed E-state index contributed by atoms with van der Waals surface area (Å²) in [5, 5.41) is 15.3. The summed E-state index contributed by atoms with van der Waals surface area (Å²) >= 11 is 1.69. The quantitative estimate of drug-likeness (QED) is 0.510. The molecule has 2 heterocycles. The number of hydrogen-bond donors (Lipinski definition) is 1. The summed E-state index contributed by atoms with van der Waals surface area (Å²) < 4.78 is 0. The van der Waals surface area contributed by atoms with Crippen molar-refractivity contribution in [2.75, 3.05) is 6.54 Å². The van der Waals surface area contributed by atoms with Crippen LogP contribution in [0.15, 0.2) is 47.8 Å². The average Bonchev–Trinajstić information content (AvgIpc) is 3.20. The first-order chi connectivity index (χ1) is 14.3. The minimum Gasteiger partial charge on any atom is -0.465 e. The van der Waals surface area contributed by atoms with Crippen LogP contribution in [0.5, 0.6) is 0 Å². The van der Waals surface area contributed by atoms with Crippen LogP contribution in [0.2, 0.25) is 0 Å². The predicted octanol–water partition coefficient (Wildman–Crippen LogP) is 6.74. The van der Waals surface area contributed by atoms with Crippen molar-refractivity contribution in [3.05, 3.63) is 64.1 Å². The molecule has 0 bridgehead atoms. The number of likely N-dealkylation sites (tertiary alicyclic amines) is 1. The van der Waals surface area contributed by atoms with Gasteiger partial charge in [0.05, 0.1) is 10.7 Å². The Labute approximate surface area is 181 Å². The van der Waals surface area contributed by atoms with Gasteiger partial charge in [-0.25, -0.2) is 9.78 Å². The van der Waals surface area contributed by atoms with E-state index in [0.29, 0.717) is 12.5 Å². The molecule has 0 spiro atoms. The molecule has 4 rings (SSSR count). The Morgan fingerprint density at radius 2 is 1.93 bits per heavy atom. The molecule has 2 atom stereocenters. The molecule has 3 aromatic rings. The molecule has 0 aliphatic carbocycles. The third-order valence-electron chi connectivity index (χ3n) is 5.99. The second-order valence-electron chi connectivity index (χ2n) is 9.09. The Kier molecular flexibility index (Phi) is 5.65. The summed E-state index contributed by atoms with van der Waals surface area (Å²) in [4.78, 5) is 18.2. The van der Waals surface area contributed by atoms with Crippen LogP contribution in [0.4, 0.5) is 4.79 Å². The van der Waals surface area contributed by atoms with E-state index in [4.69, 9.17) is 4.98 Å². The maximum absolute atomic E-state index is 11.7. The Balaban J connectivity index is 1.53. The highest BCUT2D eigenvalue weighted by Gasteiger charge is 2.39. The van der Waals surface area contributed by atoms with E-state index in [-0.39, 0.29) is 11.5 Å². The SMILES string of the molecule is CC(C)(C)C1CC(c2nc(/C=C\c3cccc4ccccc34)cs2)CCN1C(=O)O. The molecule has 0 saturated carbocycles. The van der Waals surface area contributed by atoms with Crippen molar-refractivity contribution in [1.82, 2.24) is 9.88 Å². The highest BCUT2D eigenvalue weighted by atomic mass is 32.1. The number of nitrogens with zero attached hydrogens (tertiary/aromatic N) is 2. The van der Waals surface area contributed by atoms with Crippen molar-refractivity contribution in [2.45, 2.75) is 45.6 Å². The summed E-state index contributed by atoms with van der Waals surface area (Å²) in [6.07, 6.45) is 5.06. The second-order valence-corrected chi connectivity index (χ2v) is 9.98. The summed E-state index contributed by atoms with van der Waals surface area (Å²) in [6, 6.07) is 14.7. The van der Waals surface area contributed by atoms with Gasteiger partial charge in [-0.2, -0.15) is 0 Å². The molecule has 5 heteroatoms. The Bertz CT molecular complexity index is 1070. The van der Waals surface area contributed by atoms with Crippen molar-refractivity contribution in [3.8, 4) is 0 Å². The molecule has 1 aliphatic heterocycles. The Morgan fingerprint density at radius 3 is 2.70 bits per heavy atom. The molecule has 1 fully saturated rings. The average molecular weight is 421 g/mol. The van der Waals surface area contributed by atoms with Crippen LogP contribution in [0, 0.1) is 5.41 Å². The van der Waals surface area contributed by atoms with E-state index < -0.39 is 6.09 Å². The third kappa shape index (κ3) is 4.26. The molecule has 0 radical (unpaired) electrons. The molecule has 1 amide bonds. The molecule has 1 saturated heterocycles. The topological polar surface area (TPSA) is 53.4 Å². The van der Waals surface area contributed by atoms with Gasteiger partial charge in [-0.05, 0) is 40.7 Å². The van der Waals surface area contributed by atoms with Crippen LogP contribution < -0.4 is 0 Å². The fourth-order valence-electron chi connectivity index (χ4n) is 4.38. The number of carboxylic acid groups (broad SMARTS) is 1. The molecule has 30 heavy (non-hydrogen) atoms. The fraction of sp³-hybridized carbons (Fsp3) is 0.360. The first-order valence-corrected chi connectivity index (χ1v) is 11.3. The number of amides is 1. The molecule has 4 nitrogen and oxygen atoms in total. The highest BCUT2D eigenvalue weighted by molar-refractivity contribution is 7.09. The lowest BCUT2D eigenvalue weighted by molar-refractivity contribution is 0.0525. The summed E-state index contributed by atoms with van der Waals surface area (Å²) in [5.74, 6) is 0.314. The Hall–Kier alpha value is -2.66. The van der Waals surface area contributed by atoms with E-state index >= 15 is 0 Å². The smallest absolute Gasteiger partial charge is 0.407 e. The van der Waals surface area contributed by atoms with E-state index in [1.807, 2.05) is 0 Å². The molecular weight excluding hydrogens is 392 g/mol. The van der Waals surface area contributed by atoms with Gasteiger partial charge in [-0.15, -0.1) is 11.3 Å². The number of carbonyl (C=O) groups is 1. The van der Waals surface area contributed by atoms with E-state index in [0.717, 1.165) is 23.5 Å². The van der Waals surface area contributed by atoms with E-state index in [1.165, 1.54) is 16.3 Å². The number of benzene rings is 2. The highest BCUT2D eigenvalue weighted by Crippen LogP contribution is 2.40. The van der Waals surface area contributed by atoms with Gasteiger partial charge in [-0.3, -0.25) is 0 Å². The molecular formula is C25H28N2O2S. The van der Waals surface area contributed by atoms with Gasteiger partial charge in [0.25, 0.3) is 0 Å². The van der Waals surface area contributed by atoms with Crippen LogP contribution in [0.25, 0.3) is 22.9 Å². The molecule has 1 aliphatic rings. The maximum Gasteiger partial charge on any atom is 0.407 e. The predicted molar refractivity (Wildman–Crippen MR) is 125 cm³/mol. The number of aromatic nitrogens is 1. The molecule has 1 aromatic heterocycles. The van der Waals surface area contributed by atoms with Gasteiger partial charge >= 0.3 is 6.09 Å². The van der Waals surface area contributed by atoms with Gasteiger partial charge < -0.3 is 10.0 Å². The van der Waals surface area contributed by atoms with Gasteiger partial charge in [0.1, 0.15) is 0 Å².